The quantitative estimate of drug-likeness (QED) is 0.724. The highest BCUT2D eigenvalue weighted by molar-refractivity contribution is 6.00. The number of rotatable bonds is 1. The lowest BCUT2D eigenvalue weighted by atomic mass is 10.1. The van der Waals surface area contributed by atoms with Crippen LogP contribution in [0, 0.1) is 6.92 Å². The standard InChI is InChI=1S/C13H14N2O/c1-9-4-6-11(7-5-9)12-8-15(3)10(2)13(16)14-12/h4-8H,2H2,1,3H3,(H,14,16). The lowest BCUT2D eigenvalue weighted by molar-refractivity contribution is -0.117. The van der Waals surface area contributed by atoms with E-state index in [1.54, 1.807) is 4.90 Å². The molecule has 2 rings (SSSR count). The molecule has 0 bridgehead atoms. The topological polar surface area (TPSA) is 32.3 Å². The molecule has 0 aliphatic carbocycles. The minimum Gasteiger partial charge on any atom is -0.345 e. The van der Waals surface area contributed by atoms with E-state index in [0.29, 0.717) is 5.70 Å². The molecule has 0 atom stereocenters. The molecule has 1 aromatic carbocycles. The van der Waals surface area contributed by atoms with Crippen molar-refractivity contribution >= 4 is 11.6 Å². The first-order valence-corrected chi connectivity index (χ1v) is 5.10. The Labute approximate surface area is 95.1 Å². The summed E-state index contributed by atoms with van der Waals surface area (Å²) < 4.78 is 0. The summed E-state index contributed by atoms with van der Waals surface area (Å²) in [7, 11) is 1.81. The zero-order chi connectivity index (χ0) is 11.7. The molecule has 1 aliphatic heterocycles. The van der Waals surface area contributed by atoms with E-state index < -0.39 is 0 Å². The summed E-state index contributed by atoms with van der Waals surface area (Å²) in [5.74, 6) is -0.152. The smallest absolute Gasteiger partial charge is 0.271 e. The summed E-state index contributed by atoms with van der Waals surface area (Å²) in [4.78, 5) is 13.3. The summed E-state index contributed by atoms with van der Waals surface area (Å²) in [6.07, 6.45) is 1.87. The molecule has 0 saturated heterocycles. The third-order valence-corrected chi connectivity index (χ3v) is 2.62. The summed E-state index contributed by atoms with van der Waals surface area (Å²) in [5.41, 5.74) is 3.46. The van der Waals surface area contributed by atoms with Crippen LogP contribution in [0.25, 0.3) is 5.70 Å². The molecule has 1 heterocycles. The first kappa shape index (κ1) is 10.5. The van der Waals surface area contributed by atoms with Crippen molar-refractivity contribution in [2.75, 3.05) is 7.05 Å². The number of hydrogen-bond donors (Lipinski definition) is 1. The largest absolute Gasteiger partial charge is 0.345 e. The molecule has 1 aliphatic rings. The van der Waals surface area contributed by atoms with Crippen molar-refractivity contribution in [3.63, 3.8) is 0 Å². The van der Waals surface area contributed by atoms with Crippen molar-refractivity contribution in [1.29, 1.82) is 0 Å². The Morgan fingerprint density at radius 3 is 2.44 bits per heavy atom. The lowest BCUT2D eigenvalue weighted by Crippen LogP contribution is -2.34. The Hall–Kier alpha value is -2.03. The Kier molecular flexibility index (Phi) is 2.52. The van der Waals surface area contributed by atoms with Crippen LogP contribution in [0.4, 0.5) is 0 Å². The van der Waals surface area contributed by atoms with Gasteiger partial charge in [-0.1, -0.05) is 36.4 Å². The second-order valence-corrected chi connectivity index (χ2v) is 3.92. The van der Waals surface area contributed by atoms with E-state index in [9.17, 15) is 4.79 Å². The number of amides is 1. The van der Waals surface area contributed by atoms with Crippen molar-refractivity contribution in [1.82, 2.24) is 10.2 Å². The van der Waals surface area contributed by atoms with Gasteiger partial charge < -0.3 is 10.2 Å². The SMILES string of the molecule is C=C1C(=O)NC(c2ccc(C)cc2)=CN1C. The Balaban J connectivity index is 2.35. The van der Waals surface area contributed by atoms with Crippen LogP contribution in [0.2, 0.25) is 0 Å². The van der Waals surface area contributed by atoms with Crippen molar-refractivity contribution in [3.8, 4) is 0 Å². The van der Waals surface area contributed by atoms with Gasteiger partial charge in [-0.25, -0.2) is 0 Å². The van der Waals surface area contributed by atoms with Crippen LogP contribution in [-0.4, -0.2) is 17.9 Å². The zero-order valence-corrected chi connectivity index (χ0v) is 9.45. The fraction of sp³-hybridized carbons (Fsp3) is 0.154. The molecular formula is C13H14N2O. The Morgan fingerprint density at radius 2 is 1.88 bits per heavy atom. The van der Waals surface area contributed by atoms with E-state index >= 15 is 0 Å². The van der Waals surface area contributed by atoms with Gasteiger partial charge in [-0.15, -0.1) is 0 Å². The maximum absolute atomic E-state index is 11.6. The number of likely N-dealkylation sites (N-methyl/N-ethyl adjacent to an activating group) is 1. The van der Waals surface area contributed by atoms with E-state index in [1.165, 1.54) is 5.56 Å². The number of benzene rings is 1. The average molecular weight is 214 g/mol. The summed E-state index contributed by atoms with van der Waals surface area (Å²) in [5, 5.41) is 2.81. The van der Waals surface area contributed by atoms with Gasteiger partial charge in [0.15, 0.2) is 0 Å². The second-order valence-electron chi connectivity index (χ2n) is 3.92. The molecule has 1 aromatic rings. The molecule has 3 nitrogen and oxygen atoms in total. The van der Waals surface area contributed by atoms with Crippen LogP contribution in [0.1, 0.15) is 11.1 Å². The van der Waals surface area contributed by atoms with Crippen LogP contribution in [-0.2, 0) is 4.79 Å². The van der Waals surface area contributed by atoms with Crippen LogP contribution in [0.15, 0.2) is 42.7 Å². The average Bonchev–Trinajstić information content (AvgIpc) is 2.26. The van der Waals surface area contributed by atoms with Crippen LogP contribution < -0.4 is 5.32 Å². The molecule has 16 heavy (non-hydrogen) atoms. The number of nitrogens with one attached hydrogen (secondary N) is 1. The third-order valence-electron chi connectivity index (χ3n) is 2.62. The van der Waals surface area contributed by atoms with Crippen LogP contribution in [0.5, 0.6) is 0 Å². The van der Waals surface area contributed by atoms with Gasteiger partial charge >= 0.3 is 0 Å². The molecule has 0 fully saturated rings. The predicted molar refractivity (Wildman–Crippen MR) is 64.2 cm³/mol. The Morgan fingerprint density at radius 1 is 1.25 bits per heavy atom. The van der Waals surface area contributed by atoms with E-state index in [0.717, 1.165) is 11.3 Å². The van der Waals surface area contributed by atoms with Crippen molar-refractivity contribution < 1.29 is 4.79 Å². The molecular weight excluding hydrogens is 200 g/mol. The fourth-order valence-electron chi connectivity index (χ4n) is 1.54. The van der Waals surface area contributed by atoms with E-state index in [2.05, 4.69) is 11.9 Å². The van der Waals surface area contributed by atoms with Gasteiger partial charge in [-0.05, 0) is 12.5 Å². The van der Waals surface area contributed by atoms with Crippen molar-refractivity contribution in [2.45, 2.75) is 6.92 Å². The molecule has 1 N–H and O–H groups in total. The Bertz CT molecular complexity index is 471. The van der Waals surface area contributed by atoms with Gasteiger partial charge in [-0.3, -0.25) is 4.79 Å². The van der Waals surface area contributed by atoms with Gasteiger partial charge in [0.05, 0.1) is 11.4 Å². The third kappa shape index (κ3) is 1.84. The van der Waals surface area contributed by atoms with Gasteiger partial charge in [0.1, 0.15) is 0 Å². The van der Waals surface area contributed by atoms with Gasteiger partial charge in [0, 0.05) is 13.2 Å². The molecule has 0 radical (unpaired) electrons. The minimum absolute atomic E-state index is 0.152. The van der Waals surface area contributed by atoms with Gasteiger partial charge in [0.2, 0.25) is 0 Å². The molecule has 0 unspecified atom stereocenters. The summed E-state index contributed by atoms with van der Waals surface area (Å²) >= 11 is 0. The van der Waals surface area contributed by atoms with Gasteiger partial charge in [0.25, 0.3) is 5.91 Å². The fourth-order valence-corrected chi connectivity index (χ4v) is 1.54. The number of aryl methyl sites for hydroxylation is 1. The lowest BCUT2D eigenvalue weighted by Gasteiger charge is -2.25. The molecule has 3 heteroatoms. The molecule has 82 valence electrons. The number of hydrogen-bond acceptors (Lipinski definition) is 2. The van der Waals surface area contributed by atoms with Crippen molar-refractivity contribution in [2.24, 2.45) is 0 Å². The normalized spacial score (nSPS) is 15.9. The van der Waals surface area contributed by atoms with Crippen molar-refractivity contribution in [3.05, 3.63) is 53.9 Å². The monoisotopic (exact) mass is 214 g/mol. The van der Waals surface area contributed by atoms with Crippen LogP contribution in [0.3, 0.4) is 0 Å². The maximum atomic E-state index is 11.6. The maximum Gasteiger partial charge on any atom is 0.271 e. The summed E-state index contributed by atoms with van der Waals surface area (Å²) in [6.45, 7) is 5.72. The second kappa shape index (κ2) is 3.85. The predicted octanol–water partition coefficient (Wildman–Crippen LogP) is 1.87. The summed E-state index contributed by atoms with van der Waals surface area (Å²) in [6, 6.07) is 8.02. The number of carbonyl (C=O) groups excluding carboxylic acids is 1. The minimum atomic E-state index is -0.152. The van der Waals surface area contributed by atoms with E-state index in [1.807, 2.05) is 44.4 Å². The van der Waals surface area contributed by atoms with E-state index in [-0.39, 0.29) is 5.91 Å². The highest BCUT2D eigenvalue weighted by Crippen LogP contribution is 2.18. The number of nitrogens with zero attached hydrogens (tertiary/aromatic N) is 1. The molecule has 0 aromatic heterocycles. The first-order chi connectivity index (χ1) is 7.58. The first-order valence-electron chi connectivity index (χ1n) is 5.10. The van der Waals surface area contributed by atoms with Crippen LogP contribution >= 0.6 is 0 Å². The highest BCUT2D eigenvalue weighted by atomic mass is 16.2. The zero-order valence-electron chi connectivity index (χ0n) is 9.45. The highest BCUT2D eigenvalue weighted by Gasteiger charge is 2.18. The number of carbonyl (C=O) groups is 1. The van der Waals surface area contributed by atoms with Gasteiger partial charge in [-0.2, -0.15) is 0 Å². The van der Waals surface area contributed by atoms with E-state index in [4.69, 9.17) is 0 Å². The molecule has 0 saturated carbocycles. The molecule has 0 spiro atoms. The molecule has 1 amide bonds.